The van der Waals surface area contributed by atoms with Gasteiger partial charge in [0, 0.05) is 17.7 Å². The quantitative estimate of drug-likeness (QED) is 0.167. The van der Waals surface area contributed by atoms with Crippen LogP contribution in [-0.4, -0.2) is 22.2 Å². The van der Waals surface area contributed by atoms with Crippen molar-refractivity contribution in [3.63, 3.8) is 0 Å². The summed E-state index contributed by atoms with van der Waals surface area (Å²) in [6.07, 6.45) is 11.7. The van der Waals surface area contributed by atoms with Crippen LogP contribution < -0.4 is 4.74 Å². The highest BCUT2D eigenvalue weighted by molar-refractivity contribution is 5.92. The molecule has 45 heavy (non-hydrogen) atoms. The number of hydrogen-bond donors (Lipinski definition) is 2. The molecule has 0 aromatic heterocycles. The van der Waals surface area contributed by atoms with Crippen LogP contribution in [0.1, 0.15) is 84.5 Å². The topological polar surface area (TPSA) is 83.8 Å². The highest BCUT2D eigenvalue weighted by Gasteiger charge is 2.52. The Balaban J connectivity index is 1.29. The summed E-state index contributed by atoms with van der Waals surface area (Å²) in [6, 6.07) is 16.3. The van der Waals surface area contributed by atoms with Crippen LogP contribution in [0.25, 0.3) is 5.57 Å². The second-order valence-electron chi connectivity index (χ2n) is 13.3. The lowest BCUT2D eigenvalue weighted by atomic mass is 9.48. The number of halogens is 2. The van der Waals surface area contributed by atoms with Crippen molar-refractivity contribution in [1.82, 2.24) is 0 Å². The molecule has 0 unspecified atom stereocenters. The maximum Gasteiger partial charge on any atom is 0.335 e. The Morgan fingerprint density at radius 1 is 0.867 bits per heavy atom. The van der Waals surface area contributed by atoms with Gasteiger partial charge in [-0.1, -0.05) is 30.3 Å². The average molecular weight is 613 g/mol. The Morgan fingerprint density at radius 3 is 2.13 bits per heavy atom. The van der Waals surface area contributed by atoms with Gasteiger partial charge in [0.1, 0.15) is 24.0 Å². The number of benzene rings is 3. The van der Waals surface area contributed by atoms with Gasteiger partial charge in [-0.25, -0.2) is 18.4 Å². The number of hydrogen-bond acceptors (Lipinski definition) is 3. The van der Waals surface area contributed by atoms with Crippen molar-refractivity contribution in [2.75, 3.05) is 0 Å². The third-order valence-electron chi connectivity index (χ3n) is 9.94. The van der Waals surface area contributed by atoms with Crippen molar-refractivity contribution in [2.45, 2.75) is 70.3 Å². The van der Waals surface area contributed by atoms with E-state index < -0.39 is 23.6 Å². The fourth-order valence-electron chi connectivity index (χ4n) is 8.55. The SMILES string of the molecule is CC(=C\C(=O)O)/C(=C/CCc1ccc(C23CC4CC(CC(C4)C2)C3)c(OCc2cc(F)cc(F)c2)c1)c1cccc(C(=O)O)c1. The second kappa shape index (κ2) is 12.6. The monoisotopic (exact) mass is 612 g/mol. The third-order valence-corrected chi connectivity index (χ3v) is 9.94. The minimum absolute atomic E-state index is 0.0562. The Kier molecular flexibility index (Phi) is 8.63. The summed E-state index contributed by atoms with van der Waals surface area (Å²) in [5.41, 5.74) is 4.67. The molecule has 0 spiro atoms. The molecule has 0 atom stereocenters. The first kappa shape index (κ1) is 30.8. The molecule has 2 N–H and O–H groups in total. The van der Waals surface area contributed by atoms with Crippen LogP contribution >= 0.6 is 0 Å². The van der Waals surface area contributed by atoms with E-state index in [0.717, 1.165) is 60.5 Å². The van der Waals surface area contributed by atoms with Crippen LogP contribution in [0, 0.1) is 29.4 Å². The van der Waals surface area contributed by atoms with Crippen molar-refractivity contribution < 1.29 is 33.3 Å². The zero-order chi connectivity index (χ0) is 31.7. The first-order valence-corrected chi connectivity index (χ1v) is 15.7. The number of aryl methyl sites for hydroxylation is 1. The molecule has 4 aliphatic rings. The number of carboxylic acid groups (broad SMARTS) is 2. The molecule has 4 fully saturated rings. The van der Waals surface area contributed by atoms with E-state index in [4.69, 9.17) is 4.74 Å². The smallest absolute Gasteiger partial charge is 0.335 e. The first-order valence-electron chi connectivity index (χ1n) is 15.7. The lowest BCUT2D eigenvalue weighted by Crippen LogP contribution is -2.48. The van der Waals surface area contributed by atoms with Crippen LogP contribution in [0.4, 0.5) is 8.78 Å². The summed E-state index contributed by atoms with van der Waals surface area (Å²) in [4.78, 5) is 23.0. The number of ether oxygens (including phenoxy) is 1. The minimum atomic E-state index is -1.08. The number of carbonyl (C=O) groups is 2. The van der Waals surface area contributed by atoms with Gasteiger partial charge in [-0.05, 0) is 140 Å². The van der Waals surface area contributed by atoms with Gasteiger partial charge in [-0.3, -0.25) is 0 Å². The molecule has 3 aromatic rings. The van der Waals surface area contributed by atoms with Crippen LogP contribution in [0.15, 0.2) is 78.4 Å². The minimum Gasteiger partial charge on any atom is -0.489 e. The molecule has 0 radical (unpaired) electrons. The fraction of sp³-hybridized carbons (Fsp3) is 0.368. The summed E-state index contributed by atoms with van der Waals surface area (Å²) in [5, 5.41) is 18.9. The van der Waals surface area contributed by atoms with E-state index in [1.54, 1.807) is 25.1 Å². The van der Waals surface area contributed by atoms with E-state index in [9.17, 15) is 28.6 Å². The third kappa shape index (κ3) is 6.87. The lowest BCUT2D eigenvalue weighted by Gasteiger charge is -2.57. The van der Waals surface area contributed by atoms with Crippen LogP contribution in [0.5, 0.6) is 5.75 Å². The van der Waals surface area contributed by atoms with Gasteiger partial charge in [0.15, 0.2) is 0 Å². The zero-order valence-corrected chi connectivity index (χ0v) is 25.4. The highest BCUT2D eigenvalue weighted by atomic mass is 19.1. The number of carboxylic acids is 2. The summed E-state index contributed by atoms with van der Waals surface area (Å²) in [6.45, 7) is 1.76. The Labute approximate surface area is 262 Å². The lowest BCUT2D eigenvalue weighted by molar-refractivity contribution is -0.131. The fourth-order valence-corrected chi connectivity index (χ4v) is 8.55. The Hall–Kier alpha value is -4.26. The van der Waals surface area contributed by atoms with Crippen LogP contribution in [0.3, 0.4) is 0 Å². The van der Waals surface area contributed by atoms with Crippen LogP contribution in [-0.2, 0) is 23.2 Å². The van der Waals surface area contributed by atoms with Crippen molar-refractivity contribution in [1.29, 1.82) is 0 Å². The van der Waals surface area contributed by atoms with E-state index in [0.29, 0.717) is 35.1 Å². The maximum absolute atomic E-state index is 14.0. The van der Waals surface area contributed by atoms with E-state index in [-0.39, 0.29) is 17.6 Å². The zero-order valence-electron chi connectivity index (χ0n) is 25.4. The van der Waals surface area contributed by atoms with Gasteiger partial charge in [0.2, 0.25) is 0 Å². The van der Waals surface area contributed by atoms with Crippen molar-refractivity contribution in [2.24, 2.45) is 17.8 Å². The van der Waals surface area contributed by atoms with Gasteiger partial charge in [-0.15, -0.1) is 0 Å². The van der Waals surface area contributed by atoms with Gasteiger partial charge in [-0.2, -0.15) is 0 Å². The Bertz CT molecular complexity index is 1630. The molecule has 0 aliphatic heterocycles. The second-order valence-corrected chi connectivity index (χ2v) is 13.3. The normalized spacial score (nSPS) is 24.1. The Morgan fingerprint density at radius 2 is 1.51 bits per heavy atom. The largest absolute Gasteiger partial charge is 0.489 e. The van der Waals surface area contributed by atoms with Crippen molar-refractivity contribution in [3.05, 3.63) is 118 Å². The molecular weight excluding hydrogens is 574 g/mol. The molecule has 4 aliphatic carbocycles. The number of allylic oxidation sites excluding steroid dienone is 3. The van der Waals surface area contributed by atoms with E-state index in [1.165, 1.54) is 43.0 Å². The predicted octanol–water partition coefficient (Wildman–Crippen LogP) is 8.76. The van der Waals surface area contributed by atoms with Gasteiger partial charge < -0.3 is 14.9 Å². The molecular formula is C38H38F2O5. The van der Waals surface area contributed by atoms with Gasteiger partial charge >= 0.3 is 11.9 Å². The number of aliphatic carboxylic acids is 1. The number of aromatic carboxylic acids is 1. The average Bonchev–Trinajstić information content (AvgIpc) is 2.97. The predicted molar refractivity (Wildman–Crippen MR) is 168 cm³/mol. The first-order chi connectivity index (χ1) is 21.6. The molecule has 4 saturated carbocycles. The molecule has 7 heteroatoms. The molecule has 0 heterocycles. The molecule has 0 saturated heterocycles. The molecule has 234 valence electrons. The molecule has 0 amide bonds. The standard InChI is InChI=1S/C38H38F2O5/c1-23(10-36(41)42)33(29-5-3-6-30(17-29)37(43)44)7-2-4-24-8-9-34(38-19-25-11-26(20-38)13-27(12-25)21-38)35(16-24)45-22-28-14-31(39)18-32(40)15-28/h3,5-10,14-18,25-27H,2,4,11-13,19-22H2,1H3,(H,41,42)(H,43,44)/b23-10+,33-7-. The summed E-state index contributed by atoms with van der Waals surface area (Å²) in [7, 11) is 0. The van der Waals surface area contributed by atoms with E-state index in [2.05, 4.69) is 18.2 Å². The van der Waals surface area contributed by atoms with Gasteiger partial charge in [0.25, 0.3) is 0 Å². The number of rotatable bonds is 11. The maximum atomic E-state index is 14.0. The molecule has 7 rings (SSSR count). The van der Waals surface area contributed by atoms with Crippen molar-refractivity contribution in [3.8, 4) is 5.75 Å². The van der Waals surface area contributed by atoms with E-state index in [1.807, 2.05) is 6.08 Å². The van der Waals surface area contributed by atoms with E-state index >= 15 is 0 Å². The highest BCUT2D eigenvalue weighted by Crippen LogP contribution is 2.62. The summed E-state index contributed by atoms with van der Waals surface area (Å²) >= 11 is 0. The van der Waals surface area contributed by atoms with Gasteiger partial charge in [0.05, 0.1) is 5.56 Å². The summed E-state index contributed by atoms with van der Waals surface area (Å²) < 4.78 is 34.3. The molecule has 4 bridgehead atoms. The van der Waals surface area contributed by atoms with Crippen LogP contribution in [0.2, 0.25) is 0 Å². The van der Waals surface area contributed by atoms with Crippen molar-refractivity contribution >= 4 is 17.5 Å². The molecule has 5 nitrogen and oxygen atoms in total. The summed E-state index contributed by atoms with van der Waals surface area (Å²) in [5.74, 6) is -0.403. The molecule has 3 aromatic carbocycles.